The van der Waals surface area contributed by atoms with Crippen LogP contribution in [0.5, 0.6) is 0 Å². The fourth-order valence-electron chi connectivity index (χ4n) is 8.44. The second kappa shape index (κ2) is 9.31. The van der Waals surface area contributed by atoms with E-state index in [-0.39, 0.29) is 18.4 Å². The van der Waals surface area contributed by atoms with E-state index in [1.807, 2.05) is 13.8 Å². The highest BCUT2D eigenvalue weighted by Gasteiger charge is 2.81. The molecule has 4 aliphatic rings. The van der Waals surface area contributed by atoms with E-state index in [0.29, 0.717) is 12.8 Å². The van der Waals surface area contributed by atoms with Gasteiger partial charge in [0.05, 0.1) is 5.41 Å². The molecule has 0 aromatic heterocycles. The molecular formula is C28H36O10. The van der Waals surface area contributed by atoms with E-state index in [4.69, 9.17) is 18.9 Å². The SMILES string of the molecule is C=C1C(=O)[C@]23[C@H](OC(C)=O)[C@H]1C[C@H](OC(C)=O)[C@H]2[C@@]1(C=O)[C@H](C[C@H]3OC(C)=O)C(C)(C)CC[C@H]1OC(C)=O. The van der Waals surface area contributed by atoms with Crippen molar-refractivity contribution in [1.29, 1.82) is 0 Å². The number of hydrogen-bond acceptors (Lipinski definition) is 10. The number of Topliss-reactive ketones (excluding diaryl/α,β-unsaturated/α-hetero) is 1. The van der Waals surface area contributed by atoms with Crippen molar-refractivity contribution in [3.63, 3.8) is 0 Å². The molecule has 4 fully saturated rings. The normalized spacial score (nSPS) is 40.7. The molecule has 1 spiro atoms. The lowest BCUT2D eigenvalue weighted by Crippen LogP contribution is -2.75. The Hall–Kier alpha value is -3.04. The Morgan fingerprint density at radius 1 is 0.868 bits per heavy atom. The van der Waals surface area contributed by atoms with Gasteiger partial charge in [-0.3, -0.25) is 24.0 Å². The van der Waals surface area contributed by atoms with Gasteiger partial charge in [-0.15, -0.1) is 0 Å². The van der Waals surface area contributed by atoms with Gasteiger partial charge in [-0.1, -0.05) is 20.4 Å². The lowest BCUT2D eigenvalue weighted by Gasteiger charge is -2.66. The number of rotatable bonds is 5. The molecule has 0 amide bonds. The lowest BCUT2D eigenvalue weighted by atomic mass is 9.38. The van der Waals surface area contributed by atoms with Gasteiger partial charge in [0.1, 0.15) is 36.1 Å². The van der Waals surface area contributed by atoms with Crippen LogP contribution in [0, 0.1) is 34.0 Å². The molecule has 0 aliphatic heterocycles. The summed E-state index contributed by atoms with van der Waals surface area (Å²) in [7, 11) is 0. The van der Waals surface area contributed by atoms with Gasteiger partial charge in [-0.05, 0) is 42.6 Å². The highest BCUT2D eigenvalue weighted by Crippen LogP contribution is 2.72. The topological polar surface area (TPSA) is 139 Å². The summed E-state index contributed by atoms with van der Waals surface area (Å²) in [6.45, 7) is 12.9. The van der Waals surface area contributed by atoms with Gasteiger partial charge in [-0.25, -0.2) is 0 Å². The molecule has 0 saturated heterocycles. The number of ketones is 1. The zero-order valence-corrected chi connectivity index (χ0v) is 22.7. The fourth-order valence-corrected chi connectivity index (χ4v) is 8.44. The number of esters is 4. The second-order valence-electron chi connectivity index (χ2n) is 11.9. The van der Waals surface area contributed by atoms with E-state index in [0.717, 1.165) is 6.29 Å². The van der Waals surface area contributed by atoms with Crippen molar-refractivity contribution >= 4 is 35.9 Å². The van der Waals surface area contributed by atoms with E-state index < -0.39 is 88.1 Å². The number of hydrogen-bond donors (Lipinski definition) is 0. The van der Waals surface area contributed by atoms with E-state index >= 15 is 0 Å². The molecule has 10 nitrogen and oxygen atoms in total. The van der Waals surface area contributed by atoms with Gasteiger partial charge >= 0.3 is 23.9 Å². The first-order chi connectivity index (χ1) is 17.6. The molecule has 9 atom stereocenters. The first kappa shape index (κ1) is 28.0. The molecule has 208 valence electrons. The first-order valence-electron chi connectivity index (χ1n) is 13.0. The van der Waals surface area contributed by atoms with Crippen LogP contribution < -0.4 is 0 Å². The third-order valence-corrected chi connectivity index (χ3v) is 9.45. The van der Waals surface area contributed by atoms with E-state index in [1.165, 1.54) is 27.7 Å². The minimum absolute atomic E-state index is 0.0663. The Labute approximate surface area is 221 Å². The van der Waals surface area contributed by atoms with Crippen molar-refractivity contribution in [3.05, 3.63) is 12.2 Å². The molecule has 10 heteroatoms. The van der Waals surface area contributed by atoms with Gasteiger partial charge in [0, 0.05) is 39.5 Å². The third kappa shape index (κ3) is 3.81. The maximum atomic E-state index is 14.3. The maximum absolute atomic E-state index is 14.3. The van der Waals surface area contributed by atoms with Crippen molar-refractivity contribution in [3.8, 4) is 0 Å². The lowest BCUT2D eigenvalue weighted by molar-refractivity contribution is -0.276. The summed E-state index contributed by atoms with van der Waals surface area (Å²) in [6, 6.07) is 0. The fraction of sp³-hybridized carbons (Fsp3) is 0.714. The zero-order valence-electron chi connectivity index (χ0n) is 22.7. The van der Waals surface area contributed by atoms with Crippen LogP contribution in [0.4, 0.5) is 0 Å². The Balaban J connectivity index is 2.10. The van der Waals surface area contributed by atoms with Gasteiger partial charge in [-0.2, -0.15) is 0 Å². The Morgan fingerprint density at radius 2 is 1.42 bits per heavy atom. The molecule has 0 aromatic carbocycles. The summed E-state index contributed by atoms with van der Waals surface area (Å²) in [6.07, 6.45) is -2.35. The summed E-state index contributed by atoms with van der Waals surface area (Å²) >= 11 is 0. The third-order valence-electron chi connectivity index (χ3n) is 9.45. The Kier molecular flexibility index (Phi) is 6.85. The molecule has 4 aliphatic carbocycles. The van der Waals surface area contributed by atoms with Crippen molar-refractivity contribution in [2.75, 3.05) is 0 Å². The molecule has 38 heavy (non-hydrogen) atoms. The number of fused-ring (bicyclic) bond motifs is 3. The summed E-state index contributed by atoms with van der Waals surface area (Å²) in [4.78, 5) is 77.3. The van der Waals surface area contributed by atoms with Crippen LogP contribution in [-0.2, 0) is 47.7 Å². The quantitative estimate of drug-likeness (QED) is 0.224. The van der Waals surface area contributed by atoms with Crippen LogP contribution in [0.25, 0.3) is 0 Å². The Morgan fingerprint density at radius 3 is 1.95 bits per heavy atom. The molecule has 4 saturated carbocycles. The van der Waals surface area contributed by atoms with Crippen LogP contribution in [-0.4, -0.2) is 60.4 Å². The standard InChI is InChI=1S/C28H36O10/c1-13-18-10-19(35-14(2)30)23-27(12-29)20(26(6,7)9-8-21(27)36-15(3)31)11-22(37-16(4)32)28(23,24(13)34)25(18)38-17(5)33/h12,18-23,25H,1,8-11H2,2-7H3/t18-,19-,20+,21+,22+,23-,25+,27-,28+/m0/s1. The summed E-state index contributed by atoms with van der Waals surface area (Å²) in [5.41, 5.74) is -3.62. The monoisotopic (exact) mass is 532 g/mol. The highest BCUT2D eigenvalue weighted by atomic mass is 16.6. The smallest absolute Gasteiger partial charge is 0.302 e. The van der Waals surface area contributed by atoms with Crippen LogP contribution in [0.1, 0.15) is 67.2 Å². The van der Waals surface area contributed by atoms with Crippen LogP contribution in [0.15, 0.2) is 12.2 Å². The maximum Gasteiger partial charge on any atom is 0.302 e. The van der Waals surface area contributed by atoms with Crippen molar-refractivity contribution in [2.24, 2.45) is 34.0 Å². The van der Waals surface area contributed by atoms with E-state index in [1.54, 1.807) is 0 Å². The van der Waals surface area contributed by atoms with Crippen molar-refractivity contribution in [2.45, 2.75) is 91.6 Å². The first-order valence-corrected chi connectivity index (χ1v) is 13.0. The molecule has 0 aromatic rings. The number of aldehydes is 1. The predicted molar refractivity (Wildman–Crippen MR) is 130 cm³/mol. The summed E-state index contributed by atoms with van der Waals surface area (Å²) < 4.78 is 23.3. The predicted octanol–water partition coefficient (Wildman–Crippen LogP) is 2.50. The number of carbonyl (C=O) groups is 6. The van der Waals surface area contributed by atoms with E-state index in [2.05, 4.69) is 6.58 Å². The minimum atomic E-state index is -1.76. The number of carbonyl (C=O) groups excluding carboxylic acids is 6. The number of ether oxygens (including phenoxy) is 4. The van der Waals surface area contributed by atoms with Crippen LogP contribution in [0.2, 0.25) is 0 Å². The largest absolute Gasteiger partial charge is 0.462 e. The molecule has 4 rings (SSSR count). The van der Waals surface area contributed by atoms with Gasteiger partial charge in [0.2, 0.25) is 0 Å². The molecule has 2 bridgehead atoms. The van der Waals surface area contributed by atoms with Gasteiger partial charge in [0.15, 0.2) is 5.78 Å². The van der Waals surface area contributed by atoms with Crippen LogP contribution in [0.3, 0.4) is 0 Å². The summed E-state index contributed by atoms with van der Waals surface area (Å²) in [5.74, 6) is -5.38. The second-order valence-corrected chi connectivity index (χ2v) is 11.9. The molecule has 0 radical (unpaired) electrons. The molecule has 0 heterocycles. The zero-order chi connectivity index (χ0) is 28.4. The average Bonchev–Trinajstić information content (AvgIpc) is 2.91. The van der Waals surface area contributed by atoms with Gasteiger partial charge in [0.25, 0.3) is 0 Å². The van der Waals surface area contributed by atoms with Crippen molar-refractivity contribution < 1.29 is 47.7 Å². The Bertz CT molecular complexity index is 1110. The van der Waals surface area contributed by atoms with Crippen LogP contribution >= 0.6 is 0 Å². The minimum Gasteiger partial charge on any atom is -0.462 e. The van der Waals surface area contributed by atoms with E-state index in [9.17, 15) is 28.8 Å². The molecule has 0 unspecified atom stereocenters. The summed E-state index contributed by atoms with van der Waals surface area (Å²) in [5, 5.41) is 0. The molecular weight excluding hydrogens is 496 g/mol. The highest BCUT2D eigenvalue weighted by molar-refractivity contribution is 6.05. The van der Waals surface area contributed by atoms with Crippen molar-refractivity contribution in [1.82, 2.24) is 0 Å². The average molecular weight is 533 g/mol. The molecule has 0 N–H and O–H groups in total. The van der Waals surface area contributed by atoms with Gasteiger partial charge < -0.3 is 23.7 Å².